The summed E-state index contributed by atoms with van der Waals surface area (Å²) in [5, 5.41) is 0. The molecule has 0 aromatic carbocycles. The highest BCUT2D eigenvalue weighted by Gasteiger charge is 2.11. The Balaban J connectivity index is 3.58. The van der Waals surface area contributed by atoms with Crippen LogP contribution in [0.15, 0.2) is 0 Å². The molecule has 62 valence electrons. The normalized spacial score (nSPS) is 17.4. The van der Waals surface area contributed by atoms with Crippen molar-refractivity contribution in [1.29, 1.82) is 0 Å². The predicted octanol–water partition coefficient (Wildman–Crippen LogP) is 3.53. The largest absolute Gasteiger partial charge is 0.331 e. The Hall–Kier alpha value is 0. The van der Waals surface area contributed by atoms with E-state index in [9.17, 15) is 0 Å². The molecule has 2 unspecified atom stereocenters. The molecule has 0 saturated heterocycles. The standard InChI is InChI=1S/C10H21/c1-6-7-9(4)10(5)8(2)3/h6,8-10H,7H2,1-5H3/q-1. The van der Waals surface area contributed by atoms with Crippen molar-refractivity contribution in [2.75, 3.05) is 0 Å². The second-order valence-corrected chi connectivity index (χ2v) is 3.72. The first-order valence-electron chi connectivity index (χ1n) is 4.37. The Kier molecular flexibility index (Phi) is 4.76. The van der Waals surface area contributed by atoms with Gasteiger partial charge in [-0.15, -0.1) is 0 Å². The molecule has 0 heteroatoms. The molecule has 0 aromatic rings. The maximum atomic E-state index is 2.35. The van der Waals surface area contributed by atoms with E-state index >= 15 is 0 Å². The molecule has 0 heterocycles. The van der Waals surface area contributed by atoms with Crippen LogP contribution in [0, 0.1) is 24.2 Å². The summed E-state index contributed by atoms with van der Waals surface area (Å²) in [5.74, 6) is 2.54. The number of hydrogen-bond acceptors (Lipinski definition) is 0. The van der Waals surface area contributed by atoms with Crippen LogP contribution >= 0.6 is 0 Å². The fourth-order valence-electron chi connectivity index (χ4n) is 1.24. The molecular weight excluding hydrogens is 120 g/mol. The smallest absolute Gasteiger partial charge is 0.0418 e. The molecule has 0 radical (unpaired) electrons. The van der Waals surface area contributed by atoms with Crippen molar-refractivity contribution in [2.24, 2.45) is 17.8 Å². The fourth-order valence-corrected chi connectivity index (χ4v) is 1.24. The quantitative estimate of drug-likeness (QED) is 0.525. The number of rotatable bonds is 4. The molecule has 0 N–H and O–H groups in total. The zero-order chi connectivity index (χ0) is 8.15. The first-order chi connectivity index (χ1) is 4.59. The van der Waals surface area contributed by atoms with Gasteiger partial charge in [0.1, 0.15) is 0 Å². The number of hydrogen-bond donors (Lipinski definition) is 0. The van der Waals surface area contributed by atoms with E-state index in [4.69, 9.17) is 0 Å². The van der Waals surface area contributed by atoms with Crippen molar-refractivity contribution < 1.29 is 0 Å². The van der Waals surface area contributed by atoms with Gasteiger partial charge < -0.3 is 6.42 Å². The van der Waals surface area contributed by atoms with Crippen molar-refractivity contribution >= 4 is 0 Å². The summed E-state index contributed by atoms with van der Waals surface area (Å²) in [6.45, 7) is 11.4. The first-order valence-corrected chi connectivity index (χ1v) is 4.37. The first kappa shape index (κ1) is 10.0. The van der Waals surface area contributed by atoms with Crippen LogP contribution in [0.3, 0.4) is 0 Å². The van der Waals surface area contributed by atoms with Crippen LogP contribution in [0.2, 0.25) is 0 Å². The van der Waals surface area contributed by atoms with E-state index in [1.165, 1.54) is 6.42 Å². The highest BCUT2D eigenvalue weighted by atomic mass is 14.2. The Labute approximate surface area is 66.0 Å². The minimum Gasteiger partial charge on any atom is -0.331 e. The Morgan fingerprint density at radius 1 is 1.10 bits per heavy atom. The zero-order valence-electron chi connectivity index (χ0n) is 8.02. The lowest BCUT2D eigenvalue weighted by atomic mass is 9.84. The topological polar surface area (TPSA) is 0 Å². The summed E-state index contributed by atoms with van der Waals surface area (Å²) in [6.07, 6.45) is 3.53. The van der Waals surface area contributed by atoms with Gasteiger partial charge in [-0.3, -0.25) is 0 Å². The van der Waals surface area contributed by atoms with Crippen molar-refractivity contribution in [3.8, 4) is 0 Å². The molecule has 0 aliphatic rings. The van der Waals surface area contributed by atoms with Crippen molar-refractivity contribution in [1.82, 2.24) is 0 Å². The Morgan fingerprint density at radius 2 is 1.60 bits per heavy atom. The lowest BCUT2D eigenvalue weighted by molar-refractivity contribution is 0.293. The van der Waals surface area contributed by atoms with Crippen LogP contribution in [-0.4, -0.2) is 0 Å². The summed E-state index contributed by atoms with van der Waals surface area (Å²) >= 11 is 0. The van der Waals surface area contributed by atoms with E-state index in [1.807, 2.05) is 0 Å². The summed E-state index contributed by atoms with van der Waals surface area (Å²) in [6, 6.07) is 0. The van der Waals surface area contributed by atoms with E-state index in [2.05, 4.69) is 41.0 Å². The molecule has 0 aliphatic carbocycles. The van der Waals surface area contributed by atoms with Gasteiger partial charge in [-0.05, 0) is 11.8 Å². The lowest BCUT2D eigenvalue weighted by Crippen LogP contribution is -2.13. The van der Waals surface area contributed by atoms with E-state index in [-0.39, 0.29) is 0 Å². The van der Waals surface area contributed by atoms with Crippen molar-refractivity contribution in [3.63, 3.8) is 0 Å². The third-order valence-electron chi connectivity index (χ3n) is 2.56. The molecule has 0 fully saturated rings. The Morgan fingerprint density at radius 3 is 1.90 bits per heavy atom. The Bertz CT molecular complexity index is 74.1. The molecule has 0 bridgehead atoms. The average Bonchev–Trinajstić information content (AvgIpc) is 1.87. The van der Waals surface area contributed by atoms with Gasteiger partial charge in [-0.25, -0.2) is 0 Å². The van der Waals surface area contributed by atoms with Crippen LogP contribution in [0.25, 0.3) is 0 Å². The minimum absolute atomic E-state index is 0.829. The molecular formula is C10H21-. The summed E-state index contributed by atoms with van der Waals surface area (Å²) in [4.78, 5) is 0. The predicted molar refractivity (Wildman–Crippen MR) is 47.8 cm³/mol. The monoisotopic (exact) mass is 141 g/mol. The fraction of sp³-hybridized carbons (Fsp3) is 0.900. The van der Waals surface area contributed by atoms with Gasteiger partial charge in [0.25, 0.3) is 0 Å². The van der Waals surface area contributed by atoms with E-state index < -0.39 is 0 Å². The molecule has 0 aliphatic heterocycles. The maximum absolute atomic E-state index is 2.35. The highest BCUT2D eigenvalue weighted by molar-refractivity contribution is 4.70. The second-order valence-electron chi connectivity index (χ2n) is 3.72. The van der Waals surface area contributed by atoms with Gasteiger partial charge in [0.2, 0.25) is 0 Å². The van der Waals surface area contributed by atoms with Crippen LogP contribution in [-0.2, 0) is 0 Å². The van der Waals surface area contributed by atoms with Crippen LogP contribution in [0.5, 0.6) is 0 Å². The molecule has 0 saturated carbocycles. The third kappa shape index (κ3) is 3.24. The molecule has 0 aromatic heterocycles. The lowest BCUT2D eigenvalue weighted by Gasteiger charge is -2.26. The van der Waals surface area contributed by atoms with Crippen molar-refractivity contribution in [3.05, 3.63) is 6.42 Å². The SMILES string of the molecule is C[CH-]CC(C)C(C)C(C)C. The molecule has 0 amide bonds. The maximum Gasteiger partial charge on any atom is -0.0418 e. The van der Waals surface area contributed by atoms with E-state index in [0.29, 0.717) is 0 Å². The van der Waals surface area contributed by atoms with Gasteiger partial charge >= 0.3 is 0 Å². The van der Waals surface area contributed by atoms with Crippen LogP contribution in [0.1, 0.15) is 41.0 Å². The molecule has 2 atom stereocenters. The zero-order valence-corrected chi connectivity index (χ0v) is 8.02. The van der Waals surface area contributed by atoms with Gasteiger partial charge in [-0.2, -0.15) is 13.3 Å². The average molecular weight is 141 g/mol. The van der Waals surface area contributed by atoms with E-state index in [1.54, 1.807) is 0 Å². The van der Waals surface area contributed by atoms with E-state index in [0.717, 1.165) is 17.8 Å². The highest BCUT2D eigenvalue weighted by Crippen LogP contribution is 2.23. The molecule has 0 nitrogen and oxygen atoms in total. The van der Waals surface area contributed by atoms with Crippen LogP contribution < -0.4 is 0 Å². The third-order valence-corrected chi connectivity index (χ3v) is 2.56. The molecule has 0 rings (SSSR count). The molecule has 0 spiro atoms. The van der Waals surface area contributed by atoms with Gasteiger partial charge in [-0.1, -0.05) is 33.6 Å². The molecule has 10 heavy (non-hydrogen) atoms. The van der Waals surface area contributed by atoms with Crippen molar-refractivity contribution in [2.45, 2.75) is 41.0 Å². The van der Waals surface area contributed by atoms with Gasteiger partial charge in [0, 0.05) is 0 Å². The summed E-state index contributed by atoms with van der Waals surface area (Å²) in [5.41, 5.74) is 0. The summed E-state index contributed by atoms with van der Waals surface area (Å²) in [7, 11) is 0. The summed E-state index contributed by atoms with van der Waals surface area (Å²) < 4.78 is 0. The van der Waals surface area contributed by atoms with Gasteiger partial charge in [0.15, 0.2) is 0 Å². The second kappa shape index (κ2) is 4.76. The van der Waals surface area contributed by atoms with Gasteiger partial charge in [0.05, 0.1) is 0 Å². The van der Waals surface area contributed by atoms with Crippen LogP contribution in [0.4, 0.5) is 0 Å². The minimum atomic E-state index is 0.829.